The van der Waals surface area contributed by atoms with Crippen LogP contribution in [0.3, 0.4) is 0 Å². The van der Waals surface area contributed by atoms with Crippen molar-refractivity contribution in [3.8, 4) is 0 Å². The molecule has 8 heteroatoms. The number of nitrogens with zero attached hydrogens (tertiary/aromatic N) is 1. The Kier molecular flexibility index (Phi) is 10.5. The predicted molar refractivity (Wildman–Crippen MR) is 131 cm³/mol. The first-order chi connectivity index (χ1) is 14.7. The van der Waals surface area contributed by atoms with Crippen LogP contribution in [-0.2, 0) is 16.1 Å². The number of halogens is 3. The molecule has 2 aromatic carbocycles. The van der Waals surface area contributed by atoms with Crippen molar-refractivity contribution in [3.63, 3.8) is 0 Å². The minimum absolute atomic E-state index is 0.159. The van der Waals surface area contributed by atoms with Gasteiger partial charge in [-0.15, -0.1) is 11.8 Å². The van der Waals surface area contributed by atoms with E-state index in [2.05, 4.69) is 5.32 Å². The van der Waals surface area contributed by atoms with E-state index in [1.54, 1.807) is 35.2 Å². The highest BCUT2D eigenvalue weighted by molar-refractivity contribution is 8.00. The number of benzene rings is 2. The van der Waals surface area contributed by atoms with Gasteiger partial charge in [-0.25, -0.2) is 0 Å². The molecule has 0 aliphatic rings. The fourth-order valence-electron chi connectivity index (χ4n) is 2.95. The van der Waals surface area contributed by atoms with Gasteiger partial charge in [0.1, 0.15) is 6.04 Å². The topological polar surface area (TPSA) is 49.4 Å². The van der Waals surface area contributed by atoms with E-state index in [0.29, 0.717) is 39.5 Å². The molecule has 2 rings (SSSR count). The van der Waals surface area contributed by atoms with Crippen LogP contribution in [0.1, 0.15) is 32.8 Å². The van der Waals surface area contributed by atoms with E-state index in [-0.39, 0.29) is 24.1 Å². The maximum absolute atomic E-state index is 13.3. The van der Waals surface area contributed by atoms with Gasteiger partial charge in [-0.05, 0) is 48.7 Å². The summed E-state index contributed by atoms with van der Waals surface area (Å²) >= 11 is 20.0. The van der Waals surface area contributed by atoms with Gasteiger partial charge in [0.2, 0.25) is 11.8 Å². The fraction of sp³-hybridized carbons (Fsp3) is 0.391. The van der Waals surface area contributed by atoms with Crippen molar-refractivity contribution in [1.82, 2.24) is 10.2 Å². The number of amides is 2. The zero-order valence-electron chi connectivity index (χ0n) is 17.8. The van der Waals surface area contributed by atoms with Gasteiger partial charge in [0.15, 0.2) is 0 Å². The Balaban J connectivity index is 2.25. The summed E-state index contributed by atoms with van der Waals surface area (Å²) in [4.78, 5) is 28.7. The van der Waals surface area contributed by atoms with Gasteiger partial charge >= 0.3 is 0 Å². The van der Waals surface area contributed by atoms with E-state index in [0.717, 1.165) is 4.90 Å². The smallest absolute Gasteiger partial charge is 0.242 e. The third-order valence-corrected chi connectivity index (χ3v) is 6.59. The van der Waals surface area contributed by atoms with Crippen LogP contribution in [-0.4, -0.2) is 35.1 Å². The summed E-state index contributed by atoms with van der Waals surface area (Å²) in [6, 6.07) is 11.9. The van der Waals surface area contributed by atoms with E-state index < -0.39 is 6.04 Å². The lowest BCUT2D eigenvalue weighted by Gasteiger charge is -2.31. The second kappa shape index (κ2) is 12.6. The first-order valence-corrected chi connectivity index (χ1v) is 12.2. The van der Waals surface area contributed by atoms with Crippen LogP contribution in [0.15, 0.2) is 47.4 Å². The van der Waals surface area contributed by atoms with Crippen LogP contribution in [0.4, 0.5) is 0 Å². The lowest BCUT2D eigenvalue weighted by Crippen LogP contribution is -2.50. The molecule has 0 aliphatic carbocycles. The molecular formula is C23H27Cl3N2O2S. The van der Waals surface area contributed by atoms with Gasteiger partial charge in [-0.1, -0.05) is 61.6 Å². The molecule has 1 N–H and O–H groups in total. The first kappa shape index (κ1) is 25.9. The highest BCUT2D eigenvalue weighted by atomic mass is 35.5. The predicted octanol–water partition coefficient (Wildman–Crippen LogP) is 6.32. The van der Waals surface area contributed by atoms with Gasteiger partial charge in [0, 0.05) is 38.6 Å². The van der Waals surface area contributed by atoms with Crippen LogP contribution in [0.25, 0.3) is 0 Å². The largest absolute Gasteiger partial charge is 0.354 e. The Hall–Kier alpha value is -1.40. The van der Waals surface area contributed by atoms with Gasteiger partial charge < -0.3 is 10.2 Å². The molecule has 1 atom stereocenters. The molecule has 2 aromatic rings. The second-order valence-electron chi connectivity index (χ2n) is 7.53. The summed E-state index contributed by atoms with van der Waals surface area (Å²) in [6.07, 6.45) is 0.476. The van der Waals surface area contributed by atoms with Gasteiger partial charge in [-0.3, -0.25) is 9.59 Å². The standard InChI is InChI=1S/C23H27Cl3N2O2S/c1-4-21(23(30)27-12-15(2)3)28(13-18-19(25)6-5-7-20(18)26)22(29)14-31-17-10-8-16(24)9-11-17/h5-11,15,21H,4,12-14H2,1-3H3,(H,27,30). The van der Waals surface area contributed by atoms with Crippen molar-refractivity contribution in [1.29, 1.82) is 0 Å². The van der Waals surface area contributed by atoms with Crippen LogP contribution in [0, 0.1) is 5.92 Å². The Labute approximate surface area is 203 Å². The summed E-state index contributed by atoms with van der Waals surface area (Å²) < 4.78 is 0. The summed E-state index contributed by atoms with van der Waals surface area (Å²) in [5, 5.41) is 4.51. The molecule has 31 heavy (non-hydrogen) atoms. The van der Waals surface area contributed by atoms with Crippen molar-refractivity contribution < 1.29 is 9.59 Å². The highest BCUT2D eigenvalue weighted by Gasteiger charge is 2.29. The molecule has 0 saturated carbocycles. The normalized spacial score (nSPS) is 12.0. The van der Waals surface area contributed by atoms with E-state index in [9.17, 15) is 9.59 Å². The number of thioether (sulfide) groups is 1. The monoisotopic (exact) mass is 500 g/mol. The average molecular weight is 502 g/mol. The van der Waals surface area contributed by atoms with Crippen molar-refractivity contribution >= 4 is 58.4 Å². The number of carbonyl (C=O) groups excluding carboxylic acids is 2. The second-order valence-corrected chi connectivity index (χ2v) is 9.83. The maximum atomic E-state index is 13.3. The van der Waals surface area contributed by atoms with E-state index in [1.165, 1.54) is 11.8 Å². The number of carbonyl (C=O) groups is 2. The average Bonchev–Trinajstić information content (AvgIpc) is 2.73. The van der Waals surface area contributed by atoms with Crippen molar-refractivity contribution in [3.05, 3.63) is 63.1 Å². The number of nitrogens with one attached hydrogen (secondary N) is 1. The van der Waals surface area contributed by atoms with Crippen molar-refractivity contribution in [2.24, 2.45) is 5.92 Å². The number of hydrogen-bond acceptors (Lipinski definition) is 3. The van der Waals surface area contributed by atoms with Crippen LogP contribution in [0.2, 0.25) is 15.1 Å². The Morgan fingerprint density at radius 2 is 1.65 bits per heavy atom. The molecule has 0 spiro atoms. The summed E-state index contributed by atoms with van der Waals surface area (Å²) in [5.74, 6) is 0.147. The van der Waals surface area contributed by atoms with Crippen molar-refractivity contribution in [2.45, 2.75) is 44.7 Å². The molecule has 0 aromatic heterocycles. The molecule has 0 saturated heterocycles. The molecule has 0 aliphatic heterocycles. The van der Waals surface area contributed by atoms with E-state index >= 15 is 0 Å². The lowest BCUT2D eigenvalue weighted by atomic mass is 10.1. The molecule has 0 bridgehead atoms. The fourth-order valence-corrected chi connectivity index (χ4v) is 4.38. The Morgan fingerprint density at radius 1 is 1.03 bits per heavy atom. The molecular weight excluding hydrogens is 475 g/mol. The lowest BCUT2D eigenvalue weighted by molar-refractivity contribution is -0.139. The minimum atomic E-state index is -0.621. The molecule has 4 nitrogen and oxygen atoms in total. The zero-order valence-corrected chi connectivity index (χ0v) is 20.9. The molecule has 168 valence electrons. The highest BCUT2D eigenvalue weighted by Crippen LogP contribution is 2.28. The van der Waals surface area contributed by atoms with Crippen LogP contribution < -0.4 is 5.32 Å². The van der Waals surface area contributed by atoms with Gasteiger partial charge in [0.25, 0.3) is 0 Å². The summed E-state index contributed by atoms with van der Waals surface area (Å²) in [7, 11) is 0. The Morgan fingerprint density at radius 3 is 2.19 bits per heavy atom. The summed E-state index contributed by atoms with van der Waals surface area (Å²) in [5.41, 5.74) is 0.630. The molecule has 0 fully saturated rings. The molecule has 0 radical (unpaired) electrons. The zero-order chi connectivity index (χ0) is 23.0. The van der Waals surface area contributed by atoms with Crippen LogP contribution in [0.5, 0.6) is 0 Å². The SMILES string of the molecule is CCC(C(=O)NCC(C)C)N(Cc1c(Cl)cccc1Cl)C(=O)CSc1ccc(Cl)cc1. The van der Waals surface area contributed by atoms with E-state index in [1.807, 2.05) is 32.9 Å². The van der Waals surface area contributed by atoms with Gasteiger partial charge in [0.05, 0.1) is 5.75 Å². The number of hydrogen-bond donors (Lipinski definition) is 1. The third-order valence-electron chi connectivity index (χ3n) is 4.64. The first-order valence-electron chi connectivity index (χ1n) is 10.1. The van der Waals surface area contributed by atoms with Crippen molar-refractivity contribution in [2.75, 3.05) is 12.3 Å². The van der Waals surface area contributed by atoms with Crippen LogP contribution >= 0.6 is 46.6 Å². The quantitative estimate of drug-likeness (QED) is 0.388. The third kappa shape index (κ3) is 7.90. The minimum Gasteiger partial charge on any atom is -0.354 e. The maximum Gasteiger partial charge on any atom is 0.242 e. The Bertz CT molecular complexity index is 871. The van der Waals surface area contributed by atoms with E-state index in [4.69, 9.17) is 34.8 Å². The number of rotatable bonds is 10. The molecule has 0 heterocycles. The summed E-state index contributed by atoms with van der Waals surface area (Å²) in [6.45, 7) is 6.64. The molecule has 2 amide bonds. The van der Waals surface area contributed by atoms with Gasteiger partial charge in [-0.2, -0.15) is 0 Å². The molecule has 1 unspecified atom stereocenters.